The van der Waals surface area contributed by atoms with Crippen LogP contribution < -0.4 is 10.6 Å². The molecule has 0 aliphatic carbocycles. The number of nitrogens with zero attached hydrogens (tertiary/aromatic N) is 2. The molecular formula is C16H26N4O2S. The van der Waals surface area contributed by atoms with Gasteiger partial charge in [-0.05, 0) is 39.5 Å². The first-order valence-electron chi connectivity index (χ1n) is 8.29. The van der Waals surface area contributed by atoms with Crippen molar-refractivity contribution in [3.05, 3.63) is 16.1 Å². The molecule has 6 nitrogen and oxygen atoms in total. The third-order valence-electron chi connectivity index (χ3n) is 4.15. The fraction of sp³-hybridized carbons (Fsp3) is 0.688. The van der Waals surface area contributed by atoms with Crippen LogP contribution in [0.15, 0.2) is 6.20 Å². The van der Waals surface area contributed by atoms with Crippen molar-refractivity contribution < 1.29 is 9.59 Å². The Bertz CT molecular complexity index is 546. The molecule has 0 saturated carbocycles. The Labute approximate surface area is 141 Å². The van der Waals surface area contributed by atoms with Gasteiger partial charge in [0.1, 0.15) is 11.0 Å². The second-order valence-corrected chi connectivity index (χ2v) is 7.20. The lowest BCUT2D eigenvalue weighted by Gasteiger charge is -2.35. The standard InChI is InChI=1S/C16H26N4O2S/c1-4-13-9-17-14(23-13)10-18-16(22)19-12(3)15(21)20-8-6-5-7-11(20)2/h9,11-12H,4-8,10H2,1-3H3,(H2,18,19,22)/t11-,12+/m1/s1. The number of hydrogen-bond donors (Lipinski definition) is 2. The Morgan fingerprint density at radius 3 is 2.91 bits per heavy atom. The van der Waals surface area contributed by atoms with Crippen LogP contribution in [0.4, 0.5) is 4.79 Å². The minimum absolute atomic E-state index is 0.00475. The summed E-state index contributed by atoms with van der Waals surface area (Å²) in [7, 11) is 0. The predicted molar refractivity (Wildman–Crippen MR) is 91.4 cm³/mol. The first-order valence-corrected chi connectivity index (χ1v) is 9.11. The molecule has 1 aliphatic heterocycles. The molecule has 1 aliphatic rings. The van der Waals surface area contributed by atoms with Crippen molar-refractivity contribution in [1.29, 1.82) is 0 Å². The summed E-state index contributed by atoms with van der Waals surface area (Å²) in [6, 6.07) is -0.590. The summed E-state index contributed by atoms with van der Waals surface area (Å²) in [6.45, 7) is 7.05. The fourth-order valence-electron chi connectivity index (χ4n) is 2.73. The molecule has 3 amide bonds. The van der Waals surface area contributed by atoms with Crippen molar-refractivity contribution in [2.24, 2.45) is 0 Å². The predicted octanol–water partition coefficient (Wildman–Crippen LogP) is 2.29. The normalized spacial score (nSPS) is 19.3. The van der Waals surface area contributed by atoms with Crippen molar-refractivity contribution >= 4 is 23.3 Å². The highest BCUT2D eigenvalue weighted by Gasteiger charge is 2.27. The van der Waals surface area contributed by atoms with Gasteiger partial charge in [0.25, 0.3) is 0 Å². The number of thiazole rings is 1. The number of aryl methyl sites for hydroxylation is 1. The third kappa shape index (κ3) is 4.92. The quantitative estimate of drug-likeness (QED) is 0.865. The minimum atomic E-state index is -0.516. The Hall–Kier alpha value is -1.63. The maximum Gasteiger partial charge on any atom is 0.315 e. The Morgan fingerprint density at radius 1 is 1.48 bits per heavy atom. The summed E-state index contributed by atoms with van der Waals surface area (Å²) < 4.78 is 0. The van der Waals surface area contributed by atoms with Crippen LogP contribution in [0.2, 0.25) is 0 Å². The van der Waals surface area contributed by atoms with E-state index in [1.165, 1.54) is 11.3 Å². The molecule has 1 saturated heterocycles. The lowest BCUT2D eigenvalue weighted by atomic mass is 10.0. The van der Waals surface area contributed by atoms with E-state index in [1.807, 2.05) is 11.1 Å². The van der Waals surface area contributed by atoms with E-state index < -0.39 is 6.04 Å². The number of piperidine rings is 1. The highest BCUT2D eigenvalue weighted by atomic mass is 32.1. The van der Waals surface area contributed by atoms with Crippen LogP contribution in [0.25, 0.3) is 0 Å². The molecule has 128 valence electrons. The molecule has 1 aromatic heterocycles. The van der Waals surface area contributed by atoms with E-state index in [4.69, 9.17) is 0 Å². The summed E-state index contributed by atoms with van der Waals surface area (Å²) in [5.74, 6) is -0.00475. The van der Waals surface area contributed by atoms with E-state index >= 15 is 0 Å². The van der Waals surface area contributed by atoms with Crippen LogP contribution in [-0.2, 0) is 17.8 Å². The van der Waals surface area contributed by atoms with Gasteiger partial charge in [0.05, 0.1) is 6.54 Å². The number of carbonyl (C=O) groups is 2. The van der Waals surface area contributed by atoms with Crippen LogP contribution in [-0.4, -0.2) is 40.5 Å². The number of urea groups is 1. The van der Waals surface area contributed by atoms with Crippen molar-refractivity contribution in [3.63, 3.8) is 0 Å². The Morgan fingerprint density at radius 2 is 2.26 bits per heavy atom. The van der Waals surface area contributed by atoms with E-state index in [0.717, 1.165) is 30.8 Å². The van der Waals surface area contributed by atoms with Crippen LogP contribution in [0.5, 0.6) is 0 Å². The van der Waals surface area contributed by atoms with Gasteiger partial charge in [-0.25, -0.2) is 9.78 Å². The number of hydrogen-bond acceptors (Lipinski definition) is 4. The van der Waals surface area contributed by atoms with Crippen LogP contribution in [0, 0.1) is 0 Å². The highest BCUT2D eigenvalue weighted by Crippen LogP contribution is 2.17. The molecule has 7 heteroatoms. The molecule has 1 aromatic rings. The van der Waals surface area contributed by atoms with E-state index in [1.54, 1.807) is 18.3 Å². The molecule has 2 heterocycles. The van der Waals surface area contributed by atoms with E-state index in [9.17, 15) is 9.59 Å². The molecule has 0 radical (unpaired) electrons. The second kappa shape index (κ2) is 8.29. The largest absolute Gasteiger partial charge is 0.338 e. The zero-order chi connectivity index (χ0) is 16.8. The van der Waals surface area contributed by atoms with Crippen LogP contribution in [0.1, 0.15) is 49.9 Å². The summed E-state index contributed by atoms with van der Waals surface area (Å²) in [5.41, 5.74) is 0. The molecule has 0 bridgehead atoms. The van der Waals surface area contributed by atoms with Crippen molar-refractivity contribution in [1.82, 2.24) is 20.5 Å². The zero-order valence-corrected chi connectivity index (χ0v) is 14.9. The summed E-state index contributed by atoms with van der Waals surface area (Å²) in [6.07, 6.45) is 6.03. The van der Waals surface area contributed by atoms with Gasteiger partial charge in [-0.3, -0.25) is 4.79 Å². The minimum Gasteiger partial charge on any atom is -0.338 e. The molecule has 0 spiro atoms. The van der Waals surface area contributed by atoms with Crippen LogP contribution >= 0.6 is 11.3 Å². The lowest BCUT2D eigenvalue weighted by Crippen LogP contribution is -2.53. The van der Waals surface area contributed by atoms with E-state index in [0.29, 0.717) is 6.54 Å². The van der Waals surface area contributed by atoms with Gasteiger partial charge >= 0.3 is 6.03 Å². The lowest BCUT2D eigenvalue weighted by molar-refractivity contribution is -0.136. The second-order valence-electron chi connectivity index (χ2n) is 6.00. The van der Waals surface area contributed by atoms with E-state index in [2.05, 4.69) is 29.5 Å². The first-order chi connectivity index (χ1) is 11.0. The molecule has 2 N–H and O–H groups in total. The molecule has 2 rings (SSSR count). The maximum atomic E-state index is 12.4. The van der Waals surface area contributed by atoms with E-state index in [-0.39, 0.29) is 18.0 Å². The van der Waals surface area contributed by atoms with Gasteiger partial charge in [0, 0.05) is 23.7 Å². The van der Waals surface area contributed by atoms with Gasteiger partial charge in [-0.1, -0.05) is 6.92 Å². The van der Waals surface area contributed by atoms with Gasteiger partial charge < -0.3 is 15.5 Å². The monoisotopic (exact) mass is 338 g/mol. The number of amides is 3. The van der Waals surface area contributed by atoms with Gasteiger partial charge in [0.2, 0.25) is 5.91 Å². The first kappa shape index (κ1) is 17.7. The molecular weight excluding hydrogens is 312 g/mol. The number of aromatic nitrogens is 1. The molecule has 0 unspecified atom stereocenters. The summed E-state index contributed by atoms with van der Waals surface area (Å²) >= 11 is 1.59. The van der Waals surface area contributed by atoms with Gasteiger partial charge in [-0.15, -0.1) is 11.3 Å². The molecule has 2 atom stereocenters. The average molecular weight is 338 g/mol. The molecule has 1 fully saturated rings. The zero-order valence-electron chi connectivity index (χ0n) is 14.1. The SMILES string of the molecule is CCc1cnc(CNC(=O)N[C@@H](C)C(=O)N2CCCC[C@H]2C)s1. The van der Waals surface area contributed by atoms with Crippen molar-refractivity contribution in [3.8, 4) is 0 Å². The van der Waals surface area contributed by atoms with Crippen LogP contribution in [0.3, 0.4) is 0 Å². The topological polar surface area (TPSA) is 74.3 Å². The highest BCUT2D eigenvalue weighted by molar-refractivity contribution is 7.11. The number of rotatable bonds is 5. The summed E-state index contributed by atoms with van der Waals surface area (Å²) in [4.78, 5) is 31.7. The van der Waals surface area contributed by atoms with Crippen molar-refractivity contribution in [2.45, 2.75) is 65.1 Å². The number of nitrogens with one attached hydrogen (secondary N) is 2. The smallest absolute Gasteiger partial charge is 0.315 e. The van der Waals surface area contributed by atoms with Crippen molar-refractivity contribution in [2.75, 3.05) is 6.54 Å². The fourth-order valence-corrected chi connectivity index (χ4v) is 3.53. The number of carbonyl (C=O) groups excluding carboxylic acids is 2. The molecule has 23 heavy (non-hydrogen) atoms. The maximum absolute atomic E-state index is 12.4. The Kier molecular flexibility index (Phi) is 6.38. The number of likely N-dealkylation sites (tertiary alicyclic amines) is 1. The summed E-state index contributed by atoms with van der Waals surface area (Å²) in [5, 5.41) is 6.36. The molecule has 0 aromatic carbocycles. The Balaban J connectivity index is 1.78. The van der Waals surface area contributed by atoms with Gasteiger partial charge in [0.15, 0.2) is 0 Å². The van der Waals surface area contributed by atoms with Gasteiger partial charge in [-0.2, -0.15) is 0 Å². The third-order valence-corrected chi connectivity index (χ3v) is 5.30. The average Bonchev–Trinajstić information content (AvgIpc) is 3.01.